The van der Waals surface area contributed by atoms with E-state index in [-0.39, 0.29) is 11.8 Å². The Balaban J connectivity index is 0.000000245. The summed E-state index contributed by atoms with van der Waals surface area (Å²) >= 11 is 0. The van der Waals surface area contributed by atoms with Crippen molar-refractivity contribution in [1.82, 2.24) is 4.90 Å². The zero-order valence-electron chi connectivity index (χ0n) is 17.2. The lowest BCUT2D eigenvalue weighted by Crippen LogP contribution is -2.30. The summed E-state index contributed by atoms with van der Waals surface area (Å²) in [4.78, 5) is 33.9. The van der Waals surface area contributed by atoms with Gasteiger partial charge in [-0.3, -0.25) is 36.2 Å². The normalized spacial score (nSPS) is 15.9. The number of carbonyl (C=O) groups is 2. The van der Waals surface area contributed by atoms with Gasteiger partial charge < -0.3 is 5.73 Å². The predicted molar refractivity (Wildman–Crippen MR) is 120 cm³/mol. The summed E-state index contributed by atoms with van der Waals surface area (Å²) in [6.07, 6.45) is 13.6. The van der Waals surface area contributed by atoms with Crippen molar-refractivity contribution in [1.29, 1.82) is 0 Å². The number of amides is 2. The Morgan fingerprint density at radius 1 is 0.833 bits per heavy atom. The van der Waals surface area contributed by atoms with Gasteiger partial charge in [0.1, 0.15) is 0 Å². The van der Waals surface area contributed by atoms with Crippen molar-refractivity contribution in [3.8, 4) is 0 Å². The Morgan fingerprint density at radius 2 is 1.33 bits per heavy atom. The standard InChI is InChI=1S/C15H14N2O2.C7H12N2.H4N2/c18-14-12-7-1-2-8-13(12)15(19)17(14)10-4-6-11-5-3-9-16-11;8-5-1-3-7-4-2-6-9-7;1-2/h1-2,5,7-9H,3-4,6,10H2;4,6H,1-3,5,8H2;1-2H2. The number of fused-ring (bicyclic) bond motifs is 1. The molecule has 160 valence electrons. The molecule has 0 saturated heterocycles. The van der Waals surface area contributed by atoms with Gasteiger partial charge in [-0.25, -0.2) is 0 Å². The van der Waals surface area contributed by atoms with Gasteiger partial charge >= 0.3 is 0 Å². The number of aliphatic imine (C=N–C) groups is 2. The minimum atomic E-state index is -0.176. The molecule has 1 aromatic carbocycles. The SMILES string of the molecule is NCCCC1=CCC=N1.NN.O=C1c2ccccc2C(=O)N1CCCC1=CCC=N1. The summed E-state index contributed by atoms with van der Waals surface area (Å²) in [5.41, 5.74) is 8.63. The number of benzene rings is 1. The van der Waals surface area contributed by atoms with Crippen LogP contribution in [0.2, 0.25) is 0 Å². The Morgan fingerprint density at radius 3 is 1.77 bits per heavy atom. The molecule has 8 nitrogen and oxygen atoms in total. The monoisotopic (exact) mass is 410 g/mol. The lowest BCUT2D eigenvalue weighted by molar-refractivity contribution is 0.0652. The van der Waals surface area contributed by atoms with Crippen LogP contribution in [0.5, 0.6) is 0 Å². The zero-order valence-corrected chi connectivity index (χ0v) is 17.2. The zero-order chi connectivity index (χ0) is 21.8. The van der Waals surface area contributed by atoms with Crippen LogP contribution in [0.15, 0.2) is 57.8 Å². The van der Waals surface area contributed by atoms with E-state index in [0.717, 1.165) is 50.8 Å². The molecule has 6 N–H and O–H groups in total. The predicted octanol–water partition coefficient (Wildman–Crippen LogP) is 2.32. The molecule has 3 aliphatic rings. The van der Waals surface area contributed by atoms with E-state index in [1.165, 1.54) is 10.6 Å². The van der Waals surface area contributed by atoms with Crippen molar-refractivity contribution < 1.29 is 9.59 Å². The van der Waals surface area contributed by atoms with Gasteiger partial charge in [-0.05, 0) is 44.4 Å². The van der Waals surface area contributed by atoms with Gasteiger partial charge in [0, 0.05) is 43.2 Å². The van der Waals surface area contributed by atoms with E-state index in [0.29, 0.717) is 17.7 Å². The van der Waals surface area contributed by atoms with Crippen molar-refractivity contribution >= 4 is 24.2 Å². The van der Waals surface area contributed by atoms with Gasteiger partial charge in [0.2, 0.25) is 0 Å². The first-order valence-corrected chi connectivity index (χ1v) is 10.1. The van der Waals surface area contributed by atoms with Crippen molar-refractivity contribution in [3.05, 3.63) is 58.9 Å². The summed E-state index contributed by atoms with van der Waals surface area (Å²) < 4.78 is 0. The molecule has 0 aliphatic carbocycles. The maximum Gasteiger partial charge on any atom is 0.261 e. The van der Waals surface area contributed by atoms with Crippen molar-refractivity contribution in [3.63, 3.8) is 0 Å². The van der Waals surface area contributed by atoms with Crippen LogP contribution in [0.4, 0.5) is 0 Å². The molecule has 2 amide bonds. The van der Waals surface area contributed by atoms with E-state index in [4.69, 9.17) is 5.73 Å². The van der Waals surface area contributed by atoms with E-state index >= 15 is 0 Å². The minimum Gasteiger partial charge on any atom is -0.330 e. The second kappa shape index (κ2) is 12.6. The Kier molecular flexibility index (Phi) is 9.79. The second-order valence-electron chi connectivity index (χ2n) is 6.79. The quantitative estimate of drug-likeness (QED) is 0.359. The van der Waals surface area contributed by atoms with E-state index in [1.54, 1.807) is 24.3 Å². The van der Waals surface area contributed by atoms with Crippen molar-refractivity contribution in [2.45, 2.75) is 38.5 Å². The molecule has 0 fully saturated rings. The Hall–Kier alpha value is -2.94. The van der Waals surface area contributed by atoms with Gasteiger partial charge in [0.15, 0.2) is 0 Å². The molecule has 1 aromatic rings. The molecule has 0 spiro atoms. The first-order chi connectivity index (χ1) is 14.7. The van der Waals surface area contributed by atoms with Gasteiger partial charge in [-0.1, -0.05) is 24.3 Å². The fraction of sp³-hybridized carbons (Fsp3) is 0.364. The van der Waals surface area contributed by atoms with Crippen LogP contribution in [-0.2, 0) is 0 Å². The third kappa shape index (κ3) is 6.28. The lowest BCUT2D eigenvalue weighted by atomic mass is 10.1. The van der Waals surface area contributed by atoms with E-state index in [1.807, 2.05) is 12.4 Å². The molecular weight excluding hydrogens is 380 g/mol. The average molecular weight is 411 g/mol. The highest BCUT2D eigenvalue weighted by atomic mass is 16.2. The number of rotatable bonds is 7. The van der Waals surface area contributed by atoms with Crippen LogP contribution < -0.4 is 17.4 Å². The molecule has 0 aromatic heterocycles. The van der Waals surface area contributed by atoms with Crippen LogP contribution in [0.25, 0.3) is 0 Å². The van der Waals surface area contributed by atoms with Gasteiger partial charge in [0.05, 0.1) is 11.1 Å². The summed E-state index contributed by atoms with van der Waals surface area (Å²) in [6, 6.07) is 6.98. The number of hydrazine groups is 1. The molecule has 8 heteroatoms. The topological polar surface area (TPSA) is 140 Å². The number of hydrogen-bond acceptors (Lipinski definition) is 7. The van der Waals surface area contributed by atoms with Crippen LogP contribution >= 0.6 is 0 Å². The number of allylic oxidation sites excluding steroid dienone is 4. The molecule has 30 heavy (non-hydrogen) atoms. The number of nitrogens with zero attached hydrogens (tertiary/aromatic N) is 3. The molecule has 0 unspecified atom stereocenters. The minimum absolute atomic E-state index is 0.176. The third-order valence-electron chi connectivity index (χ3n) is 4.76. The third-order valence-corrected chi connectivity index (χ3v) is 4.76. The highest BCUT2D eigenvalue weighted by Crippen LogP contribution is 2.23. The van der Waals surface area contributed by atoms with Gasteiger partial charge in [-0.2, -0.15) is 0 Å². The summed E-state index contributed by atoms with van der Waals surface area (Å²) in [6.45, 7) is 1.23. The molecule has 0 radical (unpaired) electrons. The number of carbonyl (C=O) groups excluding carboxylic acids is 2. The molecule has 0 bridgehead atoms. The summed E-state index contributed by atoms with van der Waals surface area (Å²) in [5.74, 6) is 7.65. The van der Waals surface area contributed by atoms with Gasteiger partial charge in [0.25, 0.3) is 11.8 Å². The van der Waals surface area contributed by atoms with E-state index in [9.17, 15) is 9.59 Å². The second-order valence-corrected chi connectivity index (χ2v) is 6.79. The smallest absolute Gasteiger partial charge is 0.261 e. The lowest BCUT2D eigenvalue weighted by Gasteiger charge is -2.13. The molecule has 0 atom stereocenters. The van der Waals surface area contributed by atoms with Crippen LogP contribution in [0.3, 0.4) is 0 Å². The first-order valence-electron chi connectivity index (χ1n) is 10.1. The highest BCUT2D eigenvalue weighted by Gasteiger charge is 2.34. The molecule has 3 aliphatic heterocycles. The number of nitrogens with two attached hydrogens (primary N) is 3. The highest BCUT2D eigenvalue weighted by molar-refractivity contribution is 6.21. The fourth-order valence-corrected chi connectivity index (χ4v) is 3.30. The van der Waals surface area contributed by atoms with Crippen molar-refractivity contribution in [2.24, 2.45) is 27.4 Å². The molecule has 0 saturated carbocycles. The maximum atomic E-state index is 12.1. The maximum absolute atomic E-state index is 12.1. The van der Waals surface area contributed by atoms with Crippen LogP contribution in [-0.4, -0.2) is 42.2 Å². The largest absolute Gasteiger partial charge is 0.330 e. The average Bonchev–Trinajstić information content (AvgIpc) is 3.54. The van der Waals surface area contributed by atoms with E-state index in [2.05, 4.69) is 33.8 Å². The van der Waals surface area contributed by atoms with Crippen molar-refractivity contribution in [2.75, 3.05) is 13.1 Å². The first kappa shape index (κ1) is 23.3. The van der Waals surface area contributed by atoms with Gasteiger partial charge in [-0.15, -0.1) is 0 Å². The molecular formula is C22H30N6O2. The summed E-state index contributed by atoms with van der Waals surface area (Å²) in [7, 11) is 0. The van der Waals surface area contributed by atoms with E-state index < -0.39 is 0 Å². The Labute approximate surface area is 177 Å². The Bertz CT molecular complexity index is 822. The fourth-order valence-electron chi connectivity index (χ4n) is 3.30. The summed E-state index contributed by atoms with van der Waals surface area (Å²) in [5, 5.41) is 0. The molecule has 4 rings (SSSR count). The molecule has 3 heterocycles. The number of hydrogen-bond donors (Lipinski definition) is 3. The number of imide groups is 1. The van der Waals surface area contributed by atoms with Crippen LogP contribution in [0.1, 0.15) is 59.2 Å². The van der Waals surface area contributed by atoms with Crippen LogP contribution in [0, 0.1) is 0 Å².